The van der Waals surface area contributed by atoms with E-state index in [1.54, 1.807) is 24.3 Å². The number of benzene rings is 2. The van der Waals surface area contributed by atoms with Crippen molar-refractivity contribution in [3.8, 4) is 11.5 Å². The van der Waals surface area contributed by atoms with Crippen LogP contribution in [0.4, 0.5) is 5.69 Å². The lowest BCUT2D eigenvalue weighted by Crippen LogP contribution is -1.99. The third-order valence-electron chi connectivity index (χ3n) is 2.47. The number of aromatic hydroxyl groups is 2. The molecule has 3 nitrogen and oxygen atoms in total. The van der Waals surface area contributed by atoms with Crippen LogP contribution in [0.1, 0.15) is 5.56 Å². The Bertz CT molecular complexity index is 575. The number of hydrogen-bond donors (Lipinski definition) is 3. The lowest BCUT2D eigenvalue weighted by Gasteiger charge is -2.09. The molecule has 0 aromatic heterocycles. The number of rotatable bonds is 3. The summed E-state index contributed by atoms with van der Waals surface area (Å²) in [7, 11) is 0. The smallest absolute Gasteiger partial charge is 0.134 e. The highest BCUT2D eigenvalue weighted by Crippen LogP contribution is 2.27. The predicted molar refractivity (Wildman–Crippen MR) is 76.3 cm³/mol. The SMILES string of the molecule is Oc1ccc(NCc2cc(Br)ccc2O)cc1Cl. The molecule has 0 saturated heterocycles. The van der Waals surface area contributed by atoms with Crippen LogP contribution in [0, 0.1) is 0 Å². The van der Waals surface area contributed by atoms with E-state index >= 15 is 0 Å². The molecule has 0 aliphatic rings. The highest BCUT2D eigenvalue weighted by Gasteiger charge is 2.03. The molecule has 3 N–H and O–H groups in total. The van der Waals surface area contributed by atoms with Gasteiger partial charge >= 0.3 is 0 Å². The fourth-order valence-corrected chi connectivity index (χ4v) is 2.10. The second kappa shape index (κ2) is 5.50. The highest BCUT2D eigenvalue weighted by molar-refractivity contribution is 9.10. The van der Waals surface area contributed by atoms with Crippen LogP contribution in [0.15, 0.2) is 40.9 Å². The Morgan fingerprint density at radius 2 is 1.78 bits per heavy atom. The predicted octanol–water partition coefficient (Wildman–Crippen LogP) is 4.13. The van der Waals surface area contributed by atoms with Gasteiger partial charge in [0.1, 0.15) is 11.5 Å². The average molecular weight is 329 g/mol. The van der Waals surface area contributed by atoms with Gasteiger partial charge in [-0.1, -0.05) is 27.5 Å². The van der Waals surface area contributed by atoms with Gasteiger partial charge in [-0.25, -0.2) is 0 Å². The van der Waals surface area contributed by atoms with Gasteiger partial charge in [0.05, 0.1) is 5.02 Å². The van der Waals surface area contributed by atoms with E-state index in [4.69, 9.17) is 11.6 Å². The number of halogens is 2. The molecule has 2 aromatic rings. The Hall–Kier alpha value is -1.39. The Morgan fingerprint density at radius 1 is 1.06 bits per heavy atom. The van der Waals surface area contributed by atoms with Crippen LogP contribution in [0.2, 0.25) is 5.02 Å². The Labute approximate surface area is 118 Å². The van der Waals surface area contributed by atoms with Crippen LogP contribution in [0.5, 0.6) is 11.5 Å². The molecule has 0 aliphatic heterocycles. The van der Waals surface area contributed by atoms with Crippen LogP contribution < -0.4 is 5.32 Å². The molecule has 0 fully saturated rings. The van der Waals surface area contributed by atoms with Crippen LogP contribution >= 0.6 is 27.5 Å². The normalized spacial score (nSPS) is 10.3. The maximum Gasteiger partial charge on any atom is 0.134 e. The first-order valence-corrected chi connectivity index (χ1v) is 6.43. The van der Waals surface area contributed by atoms with E-state index in [1.165, 1.54) is 6.07 Å². The molecule has 94 valence electrons. The molecule has 0 amide bonds. The average Bonchev–Trinajstić information content (AvgIpc) is 2.34. The Morgan fingerprint density at radius 3 is 2.50 bits per heavy atom. The molecule has 5 heteroatoms. The van der Waals surface area contributed by atoms with Gasteiger partial charge in [0, 0.05) is 22.3 Å². The second-order valence-electron chi connectivity index (χ2n) is 3.79. The van der Waals surface area contributed by atoms with Gasteiger partial charge in [-0.2, -0.15) is 0 Å². The zero-order chi connectivity index (χ0) is 13.1. The molecule has 0 atom stereocenters. The van der Waals surface area contributed by atoms with E-state index in [-0.39, 0.29) is 11.5 Å². The number of hydrogen-bond acceptors (Lipinski definition) is 3. The largest absolute Gasteiger partial charge is 0.508 e. The number of anilines is 1. The zero-order valence-electron chi connectivity index (χ0n) is 9.32. The molecule has 0 radical (unpaired) electrons. The van der Waals surface area contributed by atoms with E-state index in [2.05, 4.69) is 21.2 Å². The summed E-state index contributed by atoms with van der Waals surface area (Å²) in [5, 5.41) is 22.4. The van der Waals surface area contributed by atoms with Crippen molar-refractivity contribution in [2.45, 2.75) is 6.54 Å². The van der Waals surface area contributed by atoms with E-state index in [9.17, 15) is 10.2 Å². The molecule has 0 bridgehead atoms. The van der Waals surface area contributed by atoms with Crippen molar-refractivity contribution in [3.63, 3.8) is 0 Å². The van der Waals surface area contributed by atoms with Crippen LogP contribution in [0.3, 0.4) is 0 Å². The Balaban J connectivity index is 2.11. The first kappa shape index (κ1) is 13.1. The van der Waals surface area contributed by atoms with Gasteiger partial charge in [-0.3, -0.25) is 0 Å². The molecule has 0 spiro atoms. The number of phenols is 2. The van der Waals surface area contributed by atoms with Crippen LogP contribution in [-0.4, -0.2) is 10.2 Å². The first-order chi connectivity index (χ1) is 8.56. The molecule has 0 saturated carbocycles. The maximum absolute atomic E-state index is 9.68. The van der Waals surface area contributed by atoms with Gasteiger partial charge in [-0.05, 0) is 36.4 Å². The monoisotopic (exact) mass is 327 g/mol. The fourth-order valence-electron chi connectivity index (χ4n) is 1.51. The summed E-state index contributed by atoms with van der Waals surface area (Å²) in [6, 6.07) is 10.1. The van der Waals surface area contributed by atoms with Crippen molar-refractivity contribution >= 4 is 33.2 Å². The summed E-state index contributed by atoms with van der Waals surface area (Å²) in [6.07, 6.45) is 0. The third kappa shape index (κ3) is 3.09. The fraction of sp³-hybridized carbons (Fsp3) is 0.0769. The second-order valence-corrected chi connectivity index (χ2v) is 5.12. The van der Waals surface area contributed by atoms with Crippen molar-refractivity contribution in [1.82, 2.24) is 0 Å². The van der Waals surface area contributed by atoms with Crippen LogP contribution in [-0.2, 0) is 6.54 Å². The maximum atomic E-state index is 9.68. The van der Waals surface area contributed by atoms with Crippen molar-refractivity contribution < 1.29 is 10.2 Å². The van der Waals surface area contributed by atoms with Gasteiger partial charge in [0.25, 0.3) is 0 Å². The quantitative estimate of drug-likeness (QED) is 0.743. The minimum atomic E-state index is 0.0486. The topological polar surface area (TPSA) is 52.5 Å². The van der Waals surface area contributed by atoms with Gasteiger partial charge < -0.3 is 15.5 Å². The zero-order valence-corrected chi connectivity index (χ0v) is 11.7. The summed E-state index contributed by atoms with van der Waals surface area (Å²) < 4.78 is 0.904. The van der Waals surface area contributed by atoms with Gasteiger partial charge in [0.2, 0.25) is 0 Å². The van der Waals surface area contributed by atoms with E-state index in [0.29, 0.717) is 11.6 Å². The van der Waals surface area contributed by atoms with Gasteiger partial charge in [-0.15, -0.1) is 0 Å². The molecule has 0 aliphatic carbocycles. The summed E-state index contributed by atoms with van der Waals surface area (Å²) in [6.45, 7) is 0.465. The third-order valence-corrected chi connectivity index (χ3v) is 3.27. The molecule has 0 heterocycles. The lowest BCUT2D eigenvalue weighted by atomic mass is 10.2. The van der Waals surface area contributed by atoms with E-state index < -0.39 is 0 Å². The standard InChI is InChI=1S/C13H11BrClNO2/c14-9-1-3-12(17)8(5-9)7-16-10-2-4-13(18)11(15)6-10/h1-6,16-18H,7H2. The van der Waals surface area contributed by atoms with Crippen molar-refractivity contribution in [2.24, 2.45) is 0 Å². The molecule has 18 heavy (non-hydrogen) atoms. The molecule has 0 unspecified atom stereocenters. The summed E-state index contributed by atoms with van der Waals surface area (Å²) in [4.78, 5) is 0. The molecule has 2 rings (SSSR count). The highest BCUT2D eigenvalue weighted by atomic mass is 79.9. The van der Waals surface area contributed by atoms with Crippen LogP contribution in [0.25, 0.3) is 0 Å². The molecular weight excluding hydrogens is 318 g/mol. The summed E-state index contributed by atoms with van der Waals surface area (Å²) >= 11 is 9.16. The molecule has 2 aromatic carbocycles. The van der Waals surface area contributed by atoms with Crippen molar-refractivity contribution in [1.29, 1.82) is 0 Å². The van der Waals surface area contributed by atoms with E-state index in [1.807, 2.05) is 6.07 Å². The number of phenolic OH excluding ortho intramolecular Hbond substituents is 2. The summed E-state index contributed by atoms with van der Waals surface area (Å²) in [5.74, 6) is 0.281. The lowest BCUT2D eigenvalue weighted by molar-refractivity contribution is 0.469. The van der Waals surface area contributed by atoms with E-state index in [0.717, 1.165) is 15.7 Å². The Kier molecular flexibility index (Phi) is 3.99. The summed E-state index contributed by atoms with van der Waals surface area (Å²) in [5.41, 5.74) is 1.55. The molecular formula is C13H11BrClNO2. The first-order valence-electron chi connectivity index (χ1n) is 5.26. The number of nitrogens with one attached hydrogen (secondary N) is 1. The van der Waals surface area contributed by atoms with Gasteiger partial charge in [0.15, 0.2) is 0 Å². The van der Waals surface area contributed by atoms with Crippen molar-refractivity contribution in [2.75, 3.05) is 5.32 Å². The van der Waals surface area contributed by atoms with Crippen molar-refractivity contribution in [3.05, 3.63) is 51.5 Å². The minimum absolute atomic E-state index is 0.0486. The minimum Gasteiger partial charge on any atom is -0.508 e.